The molecule has 1 aliphatic heterocycles. The highest BCUT2D eigenvalue weighted by molar-refractivity contribution is 6.51. The zero-order valence-corrected chi connectivity index (χ0v) is 19.7. The Morgan fingerprint density at radius 1 is 1.03 bits per heavy atom. The lowest BCUT2D eigenvalue weighted by Crippen LogP contribution is -2.30. The number of hydrogen-bond acceptors (Lipinski definition) is 6. The first-order valence-corrected chi connectivity index (χ1v) is 11.1. The van der Waals surface area contributed by atoms with Crippen molar-refractivity contribution in [3.05, 3.63) is 94.3 Å². The van der Waals surface area contributed by atoms with Crippen molar-refractivity contribution in [3.63, 3.8) is 0 Å². The Labute approximate surface area is 209 Å². The monoisotopic (exact) mass is 501 g/mol. The highest BCUT2D eigenvalue weighted by atomic mass is 19.1. The molecule has 2 heterocycles. The average molecular weight is 501 g/mol. The van der Waals surface area contributed by atoms with Gasteiger partial charge in [-0.15, -0.1) is 0 Å². The van der Waals surface area contributed by atoms with Crippen LogP contribution in [0, 0.1) is 12.7 Å². The van der Waals surface area contributed by atoms with E-state index in [0.717, 1.165) is 4.90 Å². The summed E-state index contributed by atoms with van der Waals surface area (Å²) in [6.07, 6.45) is 0. The molecule has 186 valence electrons. The van der Waals surface area contributed by atoms with Crippen LogP contribution in [0.4, 0.5) is 10.3 Å². The molecular weight excluding hydrogens is 481 g/mol. The number of methoxy groups -OCH3 is 1. The van der Waals surface area contributed by atoms with Crippen LogP contribution in [0.1, 0.15) is 33.1 Å². The number of aliphatic hydroxyl groups is 1. The number of nitrogens with zero attached hydrogens (tertiary/aromatic N) is 2. The van der Waals surface area contributed by atoms with Gasteiger partial charge >= 0.3 is 11.9 Å². The Kier molecular flexibility index (Phi) is 5.71. The van der Waals surface area contributed by atoms with E-state index in [1.54, 1.807) is 24.3 Å². The number of anilines is 1. The van der Waals surface area contributed by atoms with Gasteiger partial charge in [-0.3, -0.25) is 14.5 Å². The van der Waals surface area contributed by atoms with Crippen LogP contribution in [-0.4, -0.2) is 45.0 Å². The van der Waals surface area contributed by atoms with E-state index in [0.29, 0.717) is 22.3 Å². The van der Waals surface area contributed by atoms with Gasteiger partial charge in [0.15, 0.2) is 0 Å². The van der Waals surface area contributed by atoms with Crippen LogP contribution in [0.15, 0.2) is 66.2 Å². The van der Waals surface area contributed by atoms with Crippen molar-refractivity contribution in [2.45, 2.75) is 13.0 Å². The second-order valence-electron chi connectivity index (χ2n) is 8.50. The van der Waals surface area contributed by atoms with Crippen molar-refractivity contribution >= 4 is 40.4 Å². The molecule has 9 nitrogen and oxygen atoms in total. The number of halogens is 1. The Bertz CT molecular complexity index is 1620. The van der Waals surface area contributed by atoms with Crippen LogP contribution in [0.25, 0.3) is 16.8 Å². The fourth-order valence-corrected chi connectivity index (χ4v) is 4.34. The smallest absolute Gasteiger partial charge is 0.335 e. The van der Waals surface area contributed by atoms with Gasteiger partial charge in [0.25, 0.3) is 5.78 Å². The summed E-state index contributed by atoms with van der Waals surface area (Å²) in [7, 11) is 1.50. The van der Waals surface area contributed by atoms with Crippen molar-refractivity contribution in [2.24, 2.45) is 0 Å². The number of imidazole rings is 1. The second kappa shape index (κ2) is 8.90. The SMILES string of the molecule is COc1ccc(C2/C(=C(\O)c3ccc(F)c(C)c3)C(=O)C(=O)N2c2nc3ccc(C(=O)O)cc3[nH]2)cc1. The molecule has 3 N–H and O–H groups in total. The van der Waals surface area contributed by atoms with Gasteiger partial charge in [0.1, 0.15) is 17.3 Å². The molecule has 5 rings (SSSR count). The molecule has 0 saturated carbocycles. The number of aromatic nitrogens is 2. The van der Waals surface area contributed by atoms with Gasteiger partial charge in [-0.2, -0.15) is 0 Å². The van der Waals surface area contributed by atoms with Gasteiger partial charge < -0.3 is 19.9 Å². The van der Waals surface area contributed by atoms with Gasteiger partial charge in [-0.25, -0.2) is 14.2 Å². The molecule has 1 atom stereocenters. The van der Waals surface area contributed by atoms with E-state index in [1.165, 1.54) is 50.4 Å². The zero-order chi connectivity index (χ0) is 26.4. The van der Waals surface area contributed by atoms with E-state index >= 15 is 0 Å². The number of carboxylic acid groups (broad SMARTS) is 1. The molecule has 1 aliphatic rings. The number of H-pyrrole nitrogens is 1. The van der Waals surface area contributed by atoms with E-state index in [4.69, 9.17) is 4.74 Å². The number of aryl methyl sites for hydroxylation is 1. The van der Waals surface area contributed by atoms with Gasteiger partial charge in [-0.05, 0) is 66.6 Å². The molecule has 4 aromatic rings. The molecule has 0 aliphatic carbocycles. The van der Waals surface area contributed by atoms with E-state index in [2.05, 4.69) is 9.97 Å². The van der Waals surface area contributed by atoms with E-state index in [9.17, 15) is 29.0 Å². The Morgan fingerprint density at radius 2 is 1.73 bits per heavy atom. The van der Waals surface area contributed by atoms with Crippen LogP contribution in [0.3, 0.4) is 0 Å². The molecule has 1 saturated heterocycles. The van der Waals surface area contributed by atoms with E-state index in [-0.39, 0.29) is 28.2 Å². The molecule has 0 bridgehead atoms. The number of carbonyl (C=O) groups is 3. The maximum atomic E-state index is 13.9. The number of aromatic carboxylic acids is 1. The normalized spacial score (nSPS) is 16.9. The standard InChI is InChI=1S/C27H20FN3O6/c1-13-11-15(5-9-18(13)28)23(32)21-22(14-3-7-17(37-2)8-4-14)31(25(34)24(21)33)27-29-19-10-6-16(26(35)36)12-20(19)30-27/h3-12,22,32H,1-2H3,(H,29,30)(H,35,36)/b23-21+. The van der Waals surface area contributed by atoms with Crippen molar-refractivity contribution < 1.29 is 33.7 Å². The summed E-state index contributed by atoms with van der Waals surface area (Å²) in [6, 6.07) is 13.6. The number of fused-ring (bicyclic) bond motifs is 1. The first-order valence-electron chi connectivity index (χ1n) is 11.1. The third-order valence-corrected chi connectivity index (χ3v) is 6.25. The van der Waals surface area contributed by atoms with Crippen molar-refractivity contribution in [1.29, 1.82) is 0 Å². The number of benzene rings is 3. The fraction of sp³-hybridized carbons (Fsp3) is 0.111. The van der Waals surface area contributed by atoms with Gasteiger partial charge in [-0.1, -0.05) is 12.1 Å². The summed E-state index contributed by atoms with van der Waals surface area (Å²) in [5, 5.41) is 20.5. The Balaban J connectivity index is 1.71. The maximum Gasteiger partial charge on any atom is 0.335 e. The number of hydrogen-bond donors (Lipinski definition) is 3. The summed E-state index contributed by atoms with van der Waals surface area (Å²) in [5.74, 6) is -3.44. The molecule has 1 aromatic heterocycles. The predicted octanol–water partition coefficient (Wildman–Crippen LogP) is 4.34. The van der Waals surface area contributed by atoms with Crippen LogP contribution >= 0.6 is 0 Å². The lowest BCUT2D eigenvalue weighted by Gasteiger charge is -2.23. The van der Waals surface area contributed by atoms with Crippen molar-refractivity contribution in [2.75, 3.05) is 12.0 Å². The Morgan fingerprint density at radius 3 is 2.38 bits per heavy atom. The summed E-state index contributed by atoms with van der Waals surface area (Å²) in [4.78, 5) is 46.4. The summed E-state index contributed by atoms with van der Waals surface area (Å²) in [5.41, 5.74) is 1.45. The van der Waals surface area contributed by atoms with E-state index < -0.39 is 35.3 Å². The number of aliphatic hydroxyl groups excluding tert-OH is 1. The van der Waals surface area contributed by atoms with Gasteiger partial charge in [0.05, 0.1) is 35.3 Å². The minimum Gasteiger partial charge on any atom is -0.507 e. The molecule has 1 fully saturated rings. The summed E-state index contributed by atoms with van der Waals surface area (Å²) in [6.45, 7) is 1.52. The third-order valence-electron chi connectivity index (χ3n) is 6.25. The lowest BCUT2D eigenvalue weighted by atomic mass is 9.95. The predicted molar refractivity (Wildman–Crippen MR) is 132 cm³/mol. The first kappa shape index (κ1) is 23.7. The largest absolute Gasteiger partial charge is 0.507 e. The molecule has 10 heteroatoms. The first-order chi connectivity index (χ1) is 17.7. The Hall–Kier alpha value is -4.99. The van der Waals surface area contributed by atoms with Crippen LogP contribution in [0.2, 0.25) is 0 Å². The molecular formula is C27H20FN3O6. The molecule has 3 aromatic carbocycles. The number of ketones is 1. The highest BCUT2D eigenvalue weighted by Gasteiger charge is 2.48. The van der Waals surface area contributed by atoms with Gasteiger partial charge in [0.2, 0.25) is 5.95 Å². The van der Waals surface area contributed by atoms with Crippen molar-refractivity contribution in [3.8, 4) is 5.75 Å². The van der Waals surface area contributed by atoms with Crippen LogP contribution < -0.4 is 9.64 Å². The number of nitrogens with one attached hydrogen (secondary N) is 1. The molecule has 37 heavy (non-hydrogen) atoms. The maximum absolute atomic E-state index is 13.9. The van der Waals surface area contributed by atoms with Crippen LogP contribution in [0.5, 0.6) is 5.75 Å². The van der Waals surface area contributed by atoms with E-state index in [1.807, 2.05) is 0 Å². The minimum atomic E-state index is -1.13. The second-order valence-corrected chi connectivity index (χ2v) is 8.50. The minimum absolute atomic E-state index is 0.00482. The average Bonchev–Trinajstić information content (AvgIpc) is 3.43. The molecule has 1 unspecified atom stereocenters. The van der Waals surface area contributed by atoms with Gasteiger partial charge in [0, 0.05) is 5.56 Å². The molecule has 1 amide bonds. The molecule has 0 radical (unpaired) electrons. The lowest BCUT2D eigenvalue weighted by molar-refractivity contribution is -0.132. The van der Waals surface area contributed by atoms with Crippen molar-refractivity contribution in [1.82, 2.24) is 9.97 Å². The fourth-order valence-electron chi connectivity index (χ4n) is 4.34. The highest BCUT2D eigenvalue weighted by Crippen LogP contribution is 2.42. The number of carbonyl (C=O) groups excluding carboxylic acids is 2. The number of rotatable bonds is 5. The topological polar surface area (TPSA) is 133 Å². The number of aromatic amines is 1. The van der Waals surface area contributed by atoms with Crippen LogP contribution in [-0.2, 0) is 9.59 Å². The number of ether oxygens (including phenoxy) is 1. The molecule has 0 spiro atoms. The number of amides is 1. The summed E-state index contributed by atoms with van der Waals surface area (Å²) < 4.78 is 19.1. The number of Topliss-reactive ketones (excluding diaryl/α,β-unsaturated/α-hetero) is 1. The zero-order valence-electron chi connectivity index (χ0n) is 19.7. The third kappa shape index (κ3) is 3.98. The quantitative estimate of drug-likeness (QED) is 0.210. The summed E-state index contributed by atoms with van der Waals surface area (Å²) >= 11 is 0. The number of carboxylic acids is 1.